The van der Waals surface area contributed by atoms with Crippen molar-refractivity contribution in [1.82, 2.24) is 19.7 Å². The standard InChI is InChI=1S/C14H12N4O2S/c1-9-8-21-14-17-7-11(13(20)18(9)14)12(19)16-6-10-3-2-4-15-5-10/h2-5,7-8H,6H2,1H3,(H,16,19). The van der Waals surface area contributed by atoms with Crippen LogP contribution in [-0.4, -0.2) is 20.3 Å². The number of carbonyl (C=O) groups excluding carboxylic acids is 1. The lowest BCUT2D eigenvalue weighted by atomic mass is 10.2. The summed E-state index contributed by atoms with van der Waals surface area (Å²) in [5.74, 6) is -0.434. The summed E-state index contributed by atoms with van der Waals surface area (Å²) in [6, 6.07) is 3.64. The molecule has 0 bridgehead atoms. The van der Waals surface area contributed by atoms with E-state index in [1.165, 1.54) is 21.9 Å². The zero-order chi connectivity index (χ0) is 14.8. The number of rotatable bonds is 3. The maximum absolute atomic E-state index is 12.3. The van der Waals surface area contributed by atoms with Gasteiger partial charge in [0, 0.05) is 36.2 Å². The third-order valence-electron chi connectivity index (χ3n) is 3.04. The summed E-state index contributed by atoms with van der Waals surface area (Å²) >= 11 is 1.37. The van der Waals surface area contributed by atoms with Gasteiger partial charge in [-0.1, -0.05) is 6.07 Å². The van der Waals surface area contributed by atoms with Crippen LogP contribution in [0.2, 0.25) is 0 Å². The van der Waals surface area contributed by atoms with Crippen LogP contribution >= 0.6 is 11.3 Å². The Morgan fingerprint density at radius 1 is 1.43 bits per heavy atom. The summed E-state index contributed by atoms with van der Waals surface area (Å²) in [6.45, 7) is 2.13. The molecule has 3 aromatic heterocycles. The van der Waals surface area contributed by atoms with Crippen LogP contribution < -0.4 is 10.9 Å². The fraction of sp³-hybridized carbons (Fsp3) is 0.143. The molecule has 0 unspecified atom stereocenters. The Balaban J connectivity index is 1.86. The molecule has 3 heterocycles. The Hall–Kier alpha value is -2.54. The molecule has 0 aliphatic carbocycles. The summed E-state index contributed by atoms with van der Waals surface area (Å²) < 4.78 is 1.45. The van der Waals surface area contributed by atoms with E-state index in [0.29, 0.717) is 11.5 Å². The van der Waals surface area contributed by atoms with E-state index in [1.807, 2.05) is 18.4 Å². The van der Waals surface area contributed by atoms with Gasteiger partial charge in [0.1, 0.15) is 5.56 Å². The number of amides is 1. The van der Waals surface area contributed by atoms with Gasteiger partial charge in [-0.3, -0.25) is 19.0 Å². The molecule has 106 valence electrons. The minimum Gasteiger partial charge on any atom is -0.348 e. The second-order valence-electron chi connectivity index (χ2n) is 4.52. The number of aryl methyl sites for hydroxylation is 1. The van der Waals surface area contributed by atoms with E-state index in [4.69, 9.17) is 0 Å². The fourth-order valence-corrected chi connectivity index (χ4v) is 2.79. The number of hydrogen-bond donors (Lipinski definition) is 1. The number of nitrogens with one attached hydrogen (secondary N) is 1. The van der Waals surface area contributed by atoms with Crippen molar-refractivity contribution < 1.29 is 4.79 Å². The summed E-state index contributed by atoms with van der Waals surface area (Å²) in [4.78, 5) is 33.2. The number of carbonyl (C=O) groups is 1. The summed E-state index contributed by atoms with van der Waals surface area (Å²) in [5, 5.41) is 4.54. The zero-order valence-electron chi connectivity index (χ0n) is 11.2. The summed E-state index contributed by atoms with van der Waals surface area (Å²) in [5.41, 5.74) is 1.33. The highest BCUT2D eigenvalue weighted by atomic mass is 32.1. The molecule has 3 rings (SSSR count). The third-order valence-corrected chi connectivity index (χ3v) is 3.99. The molecular formula is C14H12N4O2S. The highest BCUT2D eigenvalue weighted by molar-refractivity contribution is 7.15. The van der Waals surface area contributed by atoms with Gasteiger partial charge in [0.15, 0.2) is 4.96 Å². The lowest BCUT2D eigenvalue weighted by Crippen LogP contribution is -2.31. The van der Waals surface area contributed by atoms with Gasteiger partial charge >= 0.3 is 0 Å². The van der Waals surface area contributed by atoms with E-state index >= 15 is 0 Å². The van der Waals surface area contributed by atoms with Gasteiger partial charge in [0.25, 0.3) is 11.5 Å². The first-order valence-electron chi connectivity index (χ1n) is 6.30. The number of hydrogen-bond acceptors (Lipinski definition) is 5. The van der Waals surface area contributed by atoms with Crippen LogP contribution in [0.5, 0.6) is 0 Å². The van der Waals surface area contributed by atoms with Crippen LogP contribution in [0.1, 0.15) is 21.6 Å². The van der Waals surface area contributed by atoms with Crippen LogP contribution in [0, 0.1) is 6.92 Å². The number of fused-ring (bicyclic) bond motifs is 1. The van der Waals surface area contributed by atoms with E-state index in [-0.39, 0.29) is 11.1 Å². The third kappa shape index (κ3) is 2.55. The number of aromatic nitrogens is 3. The molecule has 6 nitrogen and oxygen atoms in total. The molecule has 3 aromatic rings. The molecule has 0 atom stereocenters. The smallest absolute Gasteiger partial charge is 0.271 e. The Bertz CT molecular complexity index is 854. The highest BCUT2D eigenvalue weighted by Crippen LogP contribution is 2.10. The lowest BCUT2D eigenvalue weighted by Gasteiger charge is -2.05. The first-order chi connectivity index (χ1) is 10.2. The molecular weight excluding hydrogens is 288 g/mol. The maximum atomic E-state index is 12.3. The molecule has 0 saturated heterocycles. The lowest BCUT2D eigenvalue weighted by molar-refractivity contribution is 0.0949. The molecule has 0 radical (unpaired) electrons. The molecule has 7 heteroatoms. The molecule has 1 amide bonds. The first kappa shape index (κ1) is 13.4. The van der Waals surface area contributed by atoms with Crippen molar-refractivity contribution in [3.05, 3.63) is 63.3 Å². The normalized spacial score (nSPS) is 10.7. The van der Waals surface area contributed by atoms with E-state index < -0.39 is 5.91 Å². The SMILES string of the molecule is Cc1csc2ncc(C(=O)NCc3cccnc3)c(=O)n12. The molecule has 0 aliphatic rings. The minimum atomic E-state index is -0.434. The molecule has 1 N–H and O–H groups in total. The van der Waals surface area contributed by atoms with Gasteiger partial charge in [-0.2, -0.15) is 0 Å². The van der Waals surface area contributed by atoms with Gasteiger partial charge in [0.2, 0.25) is 0 Å². The van der Waals surface area contributed by atoms with Crippen molar-refractivity contribution in [2.24, 2.45) is 0 Å². The Morgan fingerprint density at radius 3 is 3.05 bits per heavy atom. The largest absolute Gasteiger partial charge is 0.348 e. The van der Waals surface area contributed by atoms with Crippen molar-refractivity contribution in [2.75, 3.05) is 0 Å². The second-order valence-corrected chi connectivity index (χ2v) is 5.35. The monoisotopic (exact) mass is 300 g/mol. The average Bonchev–Trinajstić information content (AvgIpc) is 2.88. The number of nitrogens with zero attached hydrogens (tertiary/aromatic N) is 3. The predicted molar refractivity (Wildman–Crippen MR) is 79.5 cm³/mol. The van der Waals surface area contributed by atoms with E-state index in [2.05, 4.69) is 15.3 Å². The molecule has 0 fully saturated rings. The van der Waals surface area contributed by atoms with Crippen molar-refractivity contribution in [3.63, 3.8) is 0 Å². The van der Waals surface area contributed by atoms with Gasteiger partial charge < -0.3 is 5.32 Å². The Labute approximate surface area is 124 Å². The topological polar surface area (TPSA) is 76.4 Å². The van der Waals surface area contributed by atoms with Crippen molar-refractivity contribution >= 4 is 22.2 Å². The number of pyridine rings is 1. The molecule has 0 saturated carbocycles. The second kappa shape index (κ2) is 5.45. The van der Waals surface area contributed by atoms with Crippen LogP contribution in [-0.2, 0) is 6.54 Å². The fourth-order valence-electron chi connectivity index (χ4n) is 1.96. The molecule has 0 spiro atoms. The maximum Gasteiger partial charge on any atom is 0.271 e. The quantitative estimate of drug-likeness (QED) is 0.793. The number of thiazole rings is 1. The van der Waals surface area contributed by atoms with Crippen molar-refractivity contribution in [3.8, 4) is 0 Å². The molecule has 0 aromatic carbocycles. The van der Waals surface area contributed by atoms with Crippen LogP contribution in [0.15, 0.2) is 40.9 Å². The van der Waals surface area contributed by atoms with Crippen LogP contribution in [0.25, 0.3) is 4.96 Å². The zero-order valence-corrected chi connectivity index (χ0v) is 12.1. The Morgan fingerprint density at radius 2 is 2.29 bits per heavy atom. The summed E-state index contributed by atoms with van der Waals surface area (Å²) in [7, 11) is 0. The predicted octanol–water partition coefficient (Wildman–Crippen LogP) is 1.39. The average molecular weight is 300 g/mol. The molecule has 0 aliphatic heterocycles. The van der Waals surface area contributed by atoms with Gasteiger partial charge in [-0.25, -0.2) is 4.98 Å². The van der Waals surface area contributed by atoms with E-state index in [1.54, 1.807) is 18.5 Å². The van der Waals surface area contributed by atoms with E-state index in [9.17, 15) is 9.59 Å². The van der Waals surface area contributed by atoms with Crippen molar-refractivity contribution in [1.29, 1.82) is 0 Å². The van der Waals surface area contributed by atoms with Gasteiger partial charge in [-0.05, 0) is 18.6 Å². The van der Waals surface area contributed by atoms with Crippen LogP contribution in [0.3, 0.4) is 0 Å². The van der Waals surface area contributed by atoms with Crippen LogP contribution in [0.4, 0.5) is 0 Å². The Kier molecular flexibility index (Phi) is 3.49. The first-order valence-corrected chi connectivity index (χ1v) is 7.18. The summed E-state index contributed by atoms with van der Waals surface area (Å²) in [6.07, 6.45) is 4.65. The van der Waals surface area contributed by atoms with E-state index in [0.717, 1.165) is 11.3 Å². The van der Waals surface area contributed by atoms with Crippen molar-refractivity contribution in [2.45, 2.75) is 13.5 Å². The van der Waals surface area contributed by atoms with Gasteiger partial charge in [-0.15, -0.1) is 11.3 Å². The highest BCUT2D eigenvalue weighted by Gasteiger charge is 2.14. The van der Waals surface area contributed by atoms with Gasteiger partial charge in [0.05, 0.1) is 0 Å². The minimum absolute atomic E-state index is 0.0397. The molecule has 21 heavy (non-hydrogen) atoms.